The van der Waals surface area contributed by atoms with E-state index in [4.69, 9.17) is 11.6 Å². The smallest absolute Gasteiger partial charge is 0.0917 e. The van der Waals surface area contributed by atoms with Crippen LogP contribution in [0.3, 0.4) is 0 Å². The molecule has 3 heteroatoms. The van der Waals surface area contributed by atoms with Crippen LogP contribution in [0.15, 0.2) is 48.5 Å². The summed E-state index contributed by atoms with van der Waals surface area (Å²) in [5.74, 6) is 0. The van der Waals surface area contributed by atoms with Gasteiger partial charge in [0.1, 0.15) is 0 Å². The maximum Gasteiger partial charge on any atom is 0.0917 e. The molecule has 39 heavy (non-hydrogen) atoms. The number of benzene rings is 3. The molecule has 0 aliphatic rings. The highest BCUT2D eigenvalue weighted by atomic mass is 35.5. The molecule has 3 rings (SSSR count). The average molecular weight is 552 g/mol. The van der Waals surface area contributed by atoms with Gasteiger partial charge in [0, 0.05) is 17.0 Å². The second-order valence-electron chi connectivity index (χ2n) is 11.7. The van der Waals surface area contributed by atoms with Gasteiger partial charge in [0.15, 0.2) is 0 Å². The molecular weight excluding hydrogens is 498 g/mol. The van der Waals surface area contributed by atoms with Crippen molar-refractivity contribution in [3.8, 4) is 0 Å². The van der Waals surface area contributed by atoms with E-state index in [2.05, 4.69) is 55.1 Å². The van der Waals surface area contributed by atoms with Gasteiger partial charge in [-0.15, -0.1) is 0 Å². The van der Waals surface area contributed by atoms with Crippen molar-refractivity contribution in [2.45, 2.75) is 123 Å². The molecule has 3 aromatic carbocycles. The summed E-state index contributed by atoms with van der Waals surface area (Å²) in [6, 6.07) is 16.8. The number of aliphatic hydroxyl groups is 1. The molecule has 1 N–H and O–H groups in total. The first kappa shape index (κ1) is 31.9. The molecule has 0 aliphatic heterocycles. The highest BCUT2D eigenvalue weighted by Crippen LogP contribution is 2.33. The number of halogens is 1. The summed E-state index contributed by atoms with van der Waals surface area (Å²) in [5.41, 5.74) is 1.01. The van der Waals surface area contributed by atoms with E-state index in [1.807, 2.05) is 12.1 Å². The van der Waals surface area contributed by atoms with Crippen molar-refractivity contribution >= 4 is 33.1 Å². The predicted molar refractivity (Wildman–Crippen MR) is 173 cm³/mol. The third-order valence-corrected chi connectivity index (χ3v) is 8.62. The Morgan fingerprint density at radius 2 is 1.13 bits per heavy atom. The van der Waals surface area contributed by atoms with Crippen LogP contribution in [0.25, 0.3) is 21.5 Å². The molecule has 0 amide bonds. The van der Waals surface area contributed by atoms with E-state index in [0.717, 1.165) is 39.8 Å². The molecule has 1 atom stereocenters. The topological polar surface area (TPSA) is 23.5 Å². The average Bonchev–Trinajstić information content (AvgIpc) is 2.95. The molecule has 0 saturated heterocycles. The molecule has 0 aromatic heterocycles. The second kappa shape index (κ2) is 18.7. The lowest BCUT2D eigenvalue weighted by atomic mass is 9.98. The fraction of sp³-hybridized carbons (Fsp3) is 0.611. The number of aliphatic hydroxyl groups excluding tert-OH is 1. The Morgan fingerprint density at radius 1 is 0.615 bits per heavy atom. The van der Waals surface area contributed by atoms with Gasteiger partial charge in [-0.3, -0.25) is 0 Å². The second-order valence-corrected chi connectivity index (χ2v) is 12.1. The lowest BCUT2D eigenvalue weighted by Gasteiger charge is -2.26. The molecule has 0 aliphatic carbocycles. The number of unbranched alkanes of at least 4 members (excludes halogenated alkanes) is 14. The standard InChI is InChI=1S/C36H54ClNO/c1-3-5-7-9-11-13-15-19-25-38(26-20-16-14-12-10-8-6-4-2)29-36(39)31-24-23-30-28-35(37)33-22-18-17-21-32(33)34(30)27-31/h17-18,21-24,27-28,36,39H,3-16,19-20,25-26,29H2,1-2H3. The maximum absolute atomic E-state index is 11.4. The largest absolute Gasteiger partial charge is 0.387 e. The van der Waals surface area contributed by atoms with Crippen LogP contribution in [0.2, 0.25) is 5.02 Å². The van der Waals surface area contributed by atoms with Crippen LogP contribution in [0, 0.1) is 0 Å². The normalized spacial score (nSPS) is 12.6. The molecule has 0 heterocycles. The number of hydrogen-bond acceptors (Lipinski definition) is 2. The van der Waals surface area contributed by atoms with Crippen molar-refractivity contribution in [3.05, 3.63) is 59.1 Å². The van der Waals surface area contributed by atoms with Gasteiger partial charge < -0.3 is 10.0 Å². The summed E-state index contributed by atoms with van der Waals surface area (Å²) < 4.78 is 0. The van der Waals surface area contributed by atoms with Gasteiger partial charge >= 0.3 is 0 Å². The SMILES string of the molecule is CCCCCCCCCCN(CCCCCCCCCC)CC(O)c1ccc2cc(Cl)c3ccccc3c2c1. The monoisotopic (exact) mass is 551 g/mol. The molecule has 0 saturated carbocycles. The number of hydrogen-bond donors (Lipinski definition) is 1. The van der Waals surface area contributed by atoms with Crippen molar-refractivity contribution in [2.75, 3.05) is 19.6 Å². The van der Waals surface area contributed by atoms with E-state index in [1.54, 1.807) is 0 Å². The van der Waals surface area contributed by atoms with E-state index >= 15 is 0 Å². The lowest BCUT2D eigenvalue weighted by molar-refractivity contribution is 0.110. The van der Waals surface area contributed by atoms with E-state index in [0.29, 0.717) is 6.54 Å². The van der Waals surface area contributed by atoms with Gasteiger partial charge in [-0.05, 0) is 59.8 Å². The Hall–Kier alpha value is -1.61. The van der Waals surface area contributed by atoms with E-state index in [9.17, 15) is 5.11 Å². The first-order valence-corrected chi connectivity index (χ1v) is 16.5. The first-order chi connectivity index (χ1) is 19.1. The summed E-state index contributed by atoms with van der Waals surface area (Å²) in [6.07, 6.45) is 21.0. The van der Waals surface area contributed by atoms with Crippen LogP contribution in [0.1, 0.15) is 128 Å². The van der Waals surface area contributed by atoms with Crippen LogP contribution >= 0.6 is 11.6 Å². The van der Waals surface area contributed by atoms with Gasteiger partial charge in [0.25, 0.3) is 0 Å². The highest BCUT2D eigenvalue weighted by molar-refractivity contribution is 6.37. The molecule has 0 spiro atoms. The highest BCUT2D eigenvalue weighted by Gasteiger charge is 2.15. The van der Waals surface area contributed by atoms with E-state index < -0.39 is 6.10 Å². The van der Waals surface area contributed by atoms with Gasteiger partial charge in [-0.25, -0.2) is 0 Å². The maximum atomic E-state index is 11.4. The zero-order valence-corrected chi connectivity index (χ0v) is 25.7. The van der Waals surface area contributed by atoms with Gasteiger partial charge in [-0.1, -0.05) is 152 Å². The van der Waals surface area contributed by atoms with Gasteiger partial charge in [-0.2, -0.15) is 0 Å². The van der Waals surface area contributed by atoms with Crippen molar-refractivity contribution in [3.63, 3.8) is 0 Å². The number of nitrogens with zero attached hydrogens (tertiary/aromatic N) is 1. The van der Waals surface area contributed by atoms with Crippen molar-refractivity contribution in [2.24, 2.45) is 0 Å². The van der Waals surface area contributed by atoms with Crippen LogP contribution in [-0.2, 0) is 0 Å². The zero-order valence-electron chi connectivity index (χ0n) is 24.9. The minimum atomic E-state index is -0.480. The number of fused-ring (bicyclic) bond motifs is 3. The number of rotatable bonds is 21. The molecule has 3 aromatic rings. The molecule has 216 valence electrons. The Kier molecular flexibility index (Phi) is 15.3. The predicted octanol–water partition coefficient (Wildman–Crippen LogP) is 11.3. The minimum absolute atomic E-state index is 0.480. The Bertz CT molecular complexity index is 1060. The Balaban J connectivity index is 1.56. The summed E-state index contributed by atoms with van der Waals surface area (Å²) in [4.78, 5) is 2.53. The van der Waals surface area contributed by atoms with Crippen LogP contribution in [0.4, 0.5) is 0 Å². The van der Waals surface area contributed by atoms with E-state index in [-0.39, 0.29) is 0 Å². The van der Waals surface area contributed by atoms with Crippen LogP contribution < -0.4 is 0 Å². The Morgan fingerprint density at radius 3 is 1.69 bits per heavy atom. The lowest BCUT2D eigenvalue weighted by Crippen LogP contribution is -2.31. The summed E-state index contributed by atoms with van der Waals surface area (Å²) >= 11 is 6.56. The van der Waals surface area contributed by atoms with E-state index in [1.165, 1.54) is 108 Å². The molecule has 0 bridgehead atoms. The van der Waals surface area contributed by atoms with Crippen molar-refractivity contribution in [1.29, 1.82) is 0 Å². The third kappa shape index (κ3) is 11.1. The molecule has 0 radical (unpaired) electrons. The fourth-order valence-corrected chi connectivity index (χ4v) is 6.15. The summed E-state index contributed by atoms with van der Waals surface area (Å²) in [6.45, 7) is 7.46. The zero-order chi connectivity index (χ0) is 27.7. The van der Waals surface area contributed by atoms with Crippen LogP contribution in [0.5, 0.6) is 0 Å². The first-order valence-electron chi connectivity index (χ1n) is 16.1. The molecule has 2 nitrogen and oxygen atoms in total. The third-order valence-electron chi connectivity index (χ3n) is 8.31. The fourth-order valence-electron chi connectivity index (χ4n) is 5.86. The van der Waals surface area contributed by atoms with Gasteiger partial charge in [0.2, 0.25) is 0 Å². The summed E-state index contributed by atoms with van der Waals surface area (Å²) in [5, 5.41) is 16.7. The van der Waals surface area contributed by atoms with Crippen molar-refractivity contribution < 1.29 is 5.11 Å². The summed E-state index contributed by atoms with van der Waals surface area (Å²) in [7, 11) is 0. The quantitative estimate of drug-likeness (QED) is 0.105. The molecule has 0 fully saturated rings. The minimum Gasteiger partial charge on any atom is -0.387 e. The molecular formula is C36H54ClNO. The molecule has 1 unspecified atom stereocenters. The van der Waals surface area contributed by atoms with Gasteiger partial charge in [0.05, 0.1) is 6.10 Å². The Labute approximate surface area is 244 Å². The van der Waals surface area contributed by atoms with Crippen molar-refractivity contribution in [1.82, 2.24) is 4.90 Å². The van der Waals surface area contributed by atoms with Crippen LogP contribution in [-0.4, -0.2) is 29.6 Å².